The SMILES string of the molecule is CCC[C@@H](NC(=O)N1C(=O)[C@H](Cc2ccnc(N)c2)[C@H]1C(=O)N(C)c1ncccn1)c1ccccc1.CN(C(=O)[C@@H]1[C@@H](Cc2ccnc(N)c2)C(=O)N1C(=O)N[C@@H](c1ccccc1)C1CC1)c1ncccn1.Nc1cc(C[C@H]2C(=O)N(C(=O)N[C@@H](C3CCCCC3)C(F)(F)F)[C@@H]2C(=O)N2CCCc3ccccc32)ccn1. The van der Waals surface area contributed by atoms with Gasteiger partial charge < -0.3 is 38.1 Å². The van der Waals surface area contributed by atoms with Gasteiger partial charge in [-0.3, -0.25) is 53.3 Å². The van der Waals surface area contributed by atoms with Crippen LogP contribution in [0.15, 0.2) is 177 Å². The van der Waals surface area contributed by atoms with Crippen LogP contribution in [0.1, 0.15) is 117 Å². The summed E-state index contributed by atoms with van der Waals surface area (Å²) in [6.07, 6.45) is 14.4. The number of nitrogen functional groups attached to an aromatic ring is 3. The molecule has 0 unspecified atom stereocenters. The average Bonchev–Trinajstić information content (AvgIpc) is 0.927. The third-order valence-corrected chi connectivity index (χ3v) is 21.1. The number of urea groups is 3. The zero-order valence-electron chi connectivity index (χ0n) is 61.6. The topological polar surface area (TPSA) is 377 Å². The molecule has 5 fully saturated rings. The van der Waals surface area contributed by atoms with Crippen molar-refractivity contribution in [2.75, 3.05) is 52.5 Å². The Hall–Kier alpha value is -12.3. The van der Waals surface area contributed by atoms with Crippen molar-refractivity contribution in [3.8, 4) is 0 Å². The summed E-state index contributed by atoms with van der Waals surface area (Å²) in [4.78, 5) is 156. The largest absolute Gasteiger partial charge is 0.408 e. The first-order valence-corrected chi connectivity index (χ1v) is 37.2. The van der Waals surface area contributed by atoms with Crippen molar-refractivity contribution in [2.24, 2.45) is 29.6 Å². The van der Waals surface area contributed by atoms with Crippen LogP contribution in [0, 0.1) is 29.6 Å². The van der Waals surface area contributed by atoms with E-state index in [1.807, 2.05) is 79.7 Å². The van der Waals surface area contributed by atoms with Crippen LogP contribution in [0.3, 0.4) is 0 Å². The molecule has 6 aliphatic rings. The van der Waals surface area contributed by atoms with Gasteiger partial charge in [0, 0.05) is 69.7 Å². The van der Waals surface area contributed by atoms with E-state index in [1.54, 1.807) is 78.0 Å². The highest BCUT2D eigenvalue weighted by atomic mass is 19.4. The molecule has 31 heteroatoms. The lowest BCUT2D eigenvalue weighted by Gasteiger charge is -2.47. The van der Waals surface area contributed by atoms with Crippen molar-refractivity contribution in [2.45, 2.75) is 139 Å². The maximum absolute atomic E-state index is 14.1. The molecule has 8 aromatic rings. The van der Waals surface area contributed by atoms with Gasteiger partial charge >= 0.3 is 24.3 Å². The zero-order chi connectivity index (χ0) is 78.6. The first-order valence-electron chi connectivity index (χ1n) is 37.2. The van der Waals surface area contributed by atoms with Crippen LogP contribution < -0.4 is 47.9 Å². The number of likely N-dealkylation sites (N-methyl/N-ethyl adjacent to an activating group) is 2. The number of rotatable bonds is 20. The molecular formula is C80H88F3N19O9. The van der Waals surface area contributed by atoms with E-state index >= 15 is 0 Å². The lowest BCUT2D eigenvalue weighted by molar-refractivity contribution is -0.170. The fraction of sp³-hybridized carbons (Fsp3) is 0.375. The van der Waals surface area contributed by atoms with Crippen molar-refractivity contribution in [1.29, 1.82) is 0 Å². The van der Waals surface area contributed by atoms with Crippen molar-refractivity contribution in [1.82, 2.24) is 65.5 Å². The van der Waals surface area contributed by atoms with Crippen LogP contribution in [-0.2, 0) is 54.5 Å². The van der Waals surface area contributed by atoms with E-state index in [4.69, 9.17) is 17.2 Å². The van der Waals surface area contributed by atoms with Gasteiger partial charge in [-0.25, -0.2) is 49.3 Å². The number of nitrogens with two attached hydrogens (primary N) is 3. The second-order valence-corrected chi connectivity index (χ2v) is 28.5. The number of β-lactam (4-membered cyclic amide) rings is 3. The van der Waals surface area contributed by atoms with Crippen molar-refractivity contribution < 1.29 is 56.3 Å². The van der Waals surface area contributed by atoms with Crippen LogP contribution in [0.25, 0.3) is 0 Å². The number of amides is 12. The van der Waals surface area contributed by atoms with E-state index in [-0.39, 0.29) is 49.1 Å². The Kier molecular flexibility index (Phi) is 24.6. The molecule has 14 rings (SSSR count). The third-order valence-electron chi connectivity index (χ3n) is 21.1. The Morgan fingerprint density at radius 2 is 0.928 bits per heavy atom. The van der Waals surface area contributed by atoms with Gasteiger partial charge in [-0.1, -0.05) is 111 Å². The molecule has 9 heterocycles. The van der Waals surface area contributed by atoms with Gasteiger partial charge in [-0.15, -0.1) is 0 Å². The molecular weight excluding hydrogens is 1430 g/mol. The summed E-state index contributed by atoms with van der Waals surface area (Å²) in [7, 11) is 3.07. The number of aryl methyl sites for hydroxylation is 1. The fourth-order valence-electron chi connectivity index (χ4n) is 15.3. The third kappa shape index (κ3) is 18.0. The maximum Gasteiger partial charge on any atom is 0.408 e. The normalized spacial score (nSPS) is 20.1. The molecule has 0 radical (unpaired) electrons. The van der Waals surface area contributed by atoms with E-state index in [0.717, 1.165) is 69.7 Å². The number of alkyl halides is 3. The van der Waals surface area contributed by atoms with Gasteiger partial charge in [0.25, 0.3) is 17.7 Å². The number of nitrogens with zero attached hydrogens (tertiary/aromatic N) is 13. The molecule has 3 aromatic carbocycles. The lowest BCUT2D eigenvalue weighted by Crippen LogP contribution is -2.72. The van der Waals surface area contributed by atoms with Gasteiger partial charge in [0.2, 0.25) is 29.6 Å². The molecule has 3 saturated heterocycles. The van der Waals surface area contributed by atoms with E-state index in [2.05, 4.69) is 50.8 Å². The Morgan fingerprint density at radius 1 is 0.495 bits per heavy atom. The van der Waals surface area contributed by atoms with Crippen LogP contribution in [0.2, 0.25) is 0 Å². The maximum atomic E-state index is 14.1. The number of nitrogens with one attached hydrogen (secondary N) is 3. The number of carbonyl (C=O) groups is 9. The molecule has 578 valence electrons. The van der Waals surface area contributed by atoms with E-state index in [0.29, 0.717) is 78.8 Å². The van der Waals surface area contributed by atoms with Gasteiger partial charge in [-0.2, -0.15) is 13.2 Å². The van der Waals surface area contributed by atoms with E-state index in [1.165, 1.54) is 54.9 Å². The summed E-state index contributed by atoms with van der Waals surface area (Å²) in [6.45, 7) is 2.41. The number of benzene rings is 3. The van der Waals surface area contributed by atoms with Crippen molar-refractivity contribution in [3.63, 3.8) is 0 Å². The minimum Gasteiger partial charge on any atom is -0.384 e. The number of fused-ring (bicyclic) bond motifs is 1. The molecule has 5 aromatic heterocycles. The number of halogens is 3. The average molecular weight is 1520 g/mol. The molecule has 12 amide bonds. The number of para-hydroxylation sites is 1. The van der Waals surface area contributed by atoms with Crippen LogP contribution in [0.4, 0.5) is 62.6 Å². The fourth-order valence-corrected chi connectivity index (χ4v) is 15.3. The highest BCUT2D eigenvalue weighted by Gasteiger charge is 2.60. The summed E-state index contributed by atoms with van der Waals surface area (Å²) in [5.74, 6) is -4.49. The summed E-state index contributed by atoms with van der Waals surface area (Å²) in [5.41, 5.74) is 23.1. The highest BCUT2D eigenvalue weighted by molar-refractivity contribution is 6.14. The minimum absolute atomic E-state index is 0.104. The summed E-state index contributed by atoms with van der Waals surface area (Å²) in [6, 6.07) is 31.8. The first-order chi connectivity index (χ1) is 53.5. The highest BCUT2D eigenvalue weighted by Crippen LogP contribution is 2.43. The zero-order valence-corrected chi connectivity index (χ0v) is 61.6. The van der Waals surface area contributed by atoms with Gasteiger partial charge in [0.05, 0.1) is 29.8 Å². The molecule has 4 aliphatic heterocycles. The lowest BCUT2D eigenvalue weighted by atomic mass is 9.81. The first kappa shape index (κ1) is 78.3. The summed E-state index contributed by atoms with van der Waals surface area (Å²) in [5, 5.41) is 8.08. The summed E-state index contributed by atoms with van der Waals surface area (Å²) >= 11 is 0. The number of hydrogen-bond donors (Lipinski definition) is 6. The number of anilines is 6. The summed E-state index contributed by atoms with van der Waals surface area (Å²) < 4.78 is 42.2. The molecule has 2 saturated carbocycles. The van der Waals surface area contributed by atoms with Gasteiger partial charge in [0.1, 0.15) is 41.6 Å². The predicted molar refractivity (Wildman–Crippen MR) is 405 cm³/mol. The number of imide groups is 3. The van der Waals surface area contributed by atoms with Gasteiger partial charge in [0.15, 0.2) is 0 Å². The van der Waals surface area contributed by atoms with Crippen molar-refractivity contribution >= 4 is 88.6 Å². The molecule has 2 aliphatic carbocycles. The smallest absolute Gasteiger partial charge is 0.384 e. The predicted octanol–water partition coefficient (Wildman–Crippen LogP) is 9.32. The quantitative estimate of drug-likeness (QED) is 0.0387. The van der Waals surface area contributed by atoms with E-state index < -0.39 is 108 Å². The Bertz CT molecular complexity index is 4660. The Morgan fingerprint density at radius 3 is 1.39 bits per heavy atom. The van der Waals surface area contributed by atoms with Gasteiger partial charge in [-0.05, 0) is 164 Å². The second-order valence-electron chi connectivity index (χ2n) is 28.5. The van der Waals surface area contributed by atoms with Crippen LogP contribution in [0.5, 0.6) is 0 Å². The molecule has 111 heavy (non-hydrogen) atoms. The minimum atomic E-state index is -4.68. The number of carbonyl (C=O) groups excluding carboxylic acids is 9. The molecule has 28 nitrogen and oxygen atoms in total. The van der Waals surface area contributed by atoms with Crippen LogP contribution in [-0.4, -0.2) is 154 Å². The number of aromatic nitrogens is 7. The van der Waals surface area contributed by atoms with Crippen LogP contribution >= 0.6 is 0 Å². The second kappa shape index (κ2) is 34.9. The van der Waals surface area contributed by atoms with E-state index in [9.17, 15) is 56.3 Å². The molecule has 9 N–H and O–H groups in total. The standard InChI is InChI=1S/C28H32F3N5O3.C26H27N7O3.C26H29N7O3/c29-28(30,31)24(19-8-2-1-3-9-19)34-27(39)36-23(20(25(36)37)15-17-12-13-33-22(32)16-17)26(38)35-14-6-10-18-7-4-5-11-21(18)35;1-32(25-29-11-5-12-30-25)24(35)22-19(14-16-10-13-28-20(27)15-16)23(34)33(22)26(36)31-21(18-8-9-18)17-6-3-2-4-7-17;1-3-8-20(18-9-5-4-6-10-18)31-26(36)33-22(24(35)32(2)25-29-12-7-13-30-25)19(23(33)34)15-17-11-14-28-21(27)16-17/h4-5,7,11-13,16,19-20,23-24H,1-3,6,8-10,14-15H2,(H2,32,33)(H,34,39);2-7,10-13,15,18-19,21-22H,8-9,14H2,1H3,(H2,27,28)(H,31,36);4-7,9-14,16,19-20,22H,3,8,15H2,1-2H3,(H2,27,28)(H,31,36)/t20-,23+,24+;19-,21+,22+;19-,20-,22+/m111/s1. The number of likely N-dealkylation sites (tertiary alicyclic amines) is 3. The molecule has 9 atom stereocenters. The number of hydrogen-bond acceptors (Lipinski definition) is 19. The molecule has 0 spiro atoms. The Balaban J connectivity index is 0.000000155. The number of pyridine rings is 3. The Labute approximate surface area is 639 Å². The monoisotopic (exact) mass is 1520 g/mol. The molecule has 0 bridgehead atoms. The van der Waals surface area contributed by atoms with Crippen molar-refractivity contribution in [3.05, 3.63) is 210 Å².